The highest BCUT2D eigenvalue weighted by Crippen LogP contribution is 2.10. The van der Waals surface area contributed by atoms with Crippen LogP contribution in [0.5, 0.6) is 0 Å². The smallest absolute Gasteiger partial charge is 0.238 e. The van der Waals surface area contributed by atoms with Gasteiger partial charge in [-0.05, 0) is 30.5 Å². The van der Waals surface area contributed by atoms with Crippen molar-refractivity contribution in [2.75, 3.05) is 18.6 Å². The summed E-state index contributed by atoms with van der Waals surface area (Å²) >= 11 is 0. The van der Waals surface area contributed by atoms with E-state index in [0.29, 0.717) is 31.6 Å². The van der Waals surface area contributed by atoms with Crippen molar-refractivity contribution in [2.24, 2.45) is 5.14 Å². The van der Waals surface area contributed by atoms with Crippen LogP contribution >= 0.6 is 0 Å². The average molecular weight is 332 g/mol. The first-order valence-corrected chi connectivity index (χ1v) is 9.75. The Balaban J connectivity index is 2.35. The Labute approximate surface area is 127 Å². The van der Waals surface area contributed by atoms with E-state index in [2.05, 4.69) is 5.32 Å². The molecule has 0 fully saturated rings. The number of sulfonamides is 1. The van der Waals surface area contributed by atoms with E-state index in [1.54, 1.807) is 18.4 Å². The second kappa shape index (κ2) is 8.26. The molecule has 118 valence electrons. The molecule has 0 radical (unpaired) electrons. The summed E-state index contributed by atoms with van der Waals surface area (Å²) in [6, 6.07) is 6.15. The normalized spacial score (nSPS) is 12.9. The summed E-state index contributed by atoms with van der Waals surface area (Å²) in [5.74, 6) is 0.502. The molecule has 21 heavy (non-hydrogen) atoms. The van der Waals surface area contributed by atoms with Gasteiger partial charge in [0.15, 0.2) is 0 Å². The van der Waals surface area contributed by atoms with Crippen molar-refractivity contribution < 1.29 is 17.4 Å². The molecule has 1 unspecified atom stereocenters. The van der Waals surface area contributed by atoms with Crippen molar-refractivity contribution in [3.8, 4) is 0 Å². The van der Waals surface area contributed by atoms with Gasteiger partial charge in [-0.1, -0.05) is 12.1 Å². The third kappa shape index (κ3) is 7.35. The molecular weight excluding hydrogens is 312 g/mol. The fourth-order valence-electron chi connectivity index (χ4n) is 1.70. The van der Waals surface area contributed by atoms with Gasteiger partial charge in [0.25, 0.3) is 0 Å². The summed E-state index contributed by atoms with van der Waals surface area (Å²) in [5.41, 5.74) is 0.868. The first-order chi connectivity index (χ1) is 9.79. The number of primary sulfonamides is 1. The molecule has 0 saturated heterocycles. The van der Waals surface area contributed by atoms with Gasteiger partial charge in [0.2, 0.25) is 15.9 Å². The summed E-state index contributed by atoms with van der Waals surface area (Å²) < 4.78 is 33.0. The molecule has 1 rings (SSSR count). The van der Waals surface area contributed by atoms with E-state index in [9.17, 15) is 17.4 Å². The Kier molecular flexibility index (Phi) is 7.00. The number of benzene rings is 1. The van der Waals surface area contributed by atoms with Gasteiger partial charge in [-0.2, -0.15) is 0 Å². The van der Waals surface area contributed by atoms with Gasteiger partial charge in [-0.15, -0.1) is 0 Å². The first kappa shape index (κ1) is 17.8. The van der Waals surface area contributed by atoms with Crippen LogP contribution in [0.3, 0.4) is 0 Å². The molecule has 1 aromatic rings. The van der Waals surface area contributed by atoms with E-state index in [0.717, 1.165) is 5.56 Å². The molecule has 0 bridgehead atoms. The van der Waals surface area contributed by atoms with Crippen LogP contribution in [0.15, 0.2) is 29.2 Å². The SMILES string of the molecule is CS(=O)CCCNC(=O)CCc1ccc(S(N)(=O)=O)cc1. The van der Waals surface area contributed by atoms with Gasteiger partial charge in [-0.3, -0.25) is 9.00 Å². The highest BCUT2D eigenvalue weighted by atomic mass is 32.2. The fourth-order valence-corrected chi connectivity index (χ4v) is 2.76. The molecule has 1 atom stereocenters. The maximum absolute atomic E-state index is 11.6. The molecule has 3 N–H and O–H groups in total. The third-order valence-corrected chi connectivity index (χ3v) is 4.62. The summed E-state index contributed by atoms with van der Waals surface area (Å²) in [7, 11) is -4.51. The van der Waals surface area contributed by atoms with Crippen LogP contribution in [0, 0.1) is 0 Å². The summed E-state index contributed by atoms with van der Waals surface area (Å²) in [4.78, 5) is 11.6. The predicted octanol–water partition coefficient (Wildman–Crippen LogP) is 0.151. The zero-order chi connectivity index (χ0) is 15.9. The topological polar surface area (TPSA) is 106 Å². The average Bonchev–Trinajstić information content (AvgIpc) is 2.40. The lowest BCUT2D eigenvalue weighted by Gasteiger charge is -2.05. The highest BCUT2D eigenvalue weighted by Gasteiger charge is 2.07. The van der Waals surface area contributed by atoms with Crippen LogP contribution in [-0.4, -0.2) is 37.1 Å². The van der Waals surface area contributed by atoms with Crippen LogP contribution in [0.25, 0.3) is 0 Å². The molecule has 6 nitrogen and oxygen atoms in total. The molecule has 0 aromatic heterocycles. The lowest BCUT2D eigenvalue weighted by molar-refractivity contribution is -0.121. The molecule has 0 aliphatic heterocycles. The van der Waals surface area contributed by atoms with E-state index in [4.69, 9.17) is 5.14 Å². The van der Waals surface area contributed by atoms with E-state index < -0.39 is 20.8 Å². The number of rotatable bonds is 8. The van der Waals surface area contributed by atoms with Crippen LogP contribution in [0.2, 0.25) is 0 Å². The van der Waals surface area contributed by atoms with Gasteiger partial charge in [-0.25, -0.2) is 13.6 Å². The van der Waals surface area contributed by atoms with E-state index >= 15 is 0 Å². The zero-order valence-electron chi connectivity index (χ0n) is 11.9. The molecule has 0 aliphatic rings. The summed E-state index contributed by atoms with van der Waals surface area (Å²) in [6.07, 6.45) is 3.17. The Bertz CT molecular complexity index is 597. The van der Waals surface area contributed by atoms with Crippen LogP contribution in [0.1, 0.15) is 18.4 Å². The summed E-state index contributed by atoms with van der Waals surface area (Å²) in [5, 5.41) is 7.76. The van der Waals surface area contributed by atoms with Crippen molar-refractivity contribution in [3.05, 3.63) is 29.8 Å². The van der Waals surface area contributed by atoms with Gasteiger partial charge in [0.1, 0.15) is 0 Å². The Hall–Kier alpha value is -1.25. The van der Waals surface area contributed by atoms with Gasteiger partial charge in [0, 0.05) is 35.8 Å². The molecule has 0 saturated carbocycles. The Morgan fingerprint density at radius 1 is 1.29 bits per heavy atom. The largest absolute Gasteiger partial charge is 0.356 e. The molecule has 0 heterocycles. The van der Waals surface area contributed by atoms with E-state index in [1.807, 2.05) is 0 Å². The van der Waals surface area contributed by atoms with E-state index in [1.165, 1.54) is 12.1 Å². The number of carbonyl (C=O) groups is 1. The second-order valence-corrected chi connectivity index (χ2v) is 7.79. The Morgan fingerprint density at radius 2 is 1.90 bits per heavy atom. The van der Waals surface area contributed by atoms with Crippen molar-refractivity contribution in [3.63, 3.8) is 0 Å². The maximum Gasteiger partial charge on any atom is 0.238 e. The van der Waals surface area contributed by atoms with Crippen molar-refractivity contribution in [1.82, 2.24) is 5.32 Å². The van der Waals surface area contributed by atoms with Gasteiger partial charge >= 0.3 is 0 Å². The molecule has 1 aromatic carbocycles. The lowest BCUT2D eigenvalue weighted by Crippen LogP contribution is -2.25. The second-order valence-electron chi connectivity index (χ2n) is 4.67. The molecule has 8 heteroatoms. The minimum Gasteiger partial charge on any atom is -0.356 e. The van der Waals surface area contributed by atoms with Crippen molar-refractivity contribution in [2.45, 2.75) is 24.2 Å². The van der Waals surface area contributed by atoms with Crippen LogP contribution < -0.4 is 10.5 Å². The quantitative estimate of drug-likeness (QED) is 0.661. The molecule has 1 amide bonds. The number of aryl methyl sites for hydroxylation is 1. The number of nitrogens with one attached hydrogen (secondary N) is 1. The maximum atomic E-state index is 11.6. The van der Waals surface area contributed by atoms with Crippen molar-refractivity contribution in [1.29, 1.82) is 0 Å². The molecular formula is C13H20N2O4S2. The van der Waals surface area contributed by atoms with Crippen LogP contribution in [-0.2, 0) is 32.0 Å². The van der Waals surface area contributed by atoms with Gasteiger partial charge < -0.3 is 5.32 Å². The third-order valence-electron chi connectivity index (χ3n) is 2.82. The number of amides is 1. The fraction of sp³-hybridized carbons (Fsp3) is 0.462. The monoisotopic (exact) mass is 332 g/mol. The zero-order valence-corrected chi connectivity index (χ0v) is 13.5. The lowest BCUT2D eigenvalue weighted by atomic mass is 10.1. The van der Waals surface area contributed by atoms with Crippen molar-refractivity contribution >= 4 is 26.7 Å². The number of hydrogen-bond acceptors (Lipinski definition) is 4. The minimum atomic E-state index is -3.68. The number of hydrogen-bond donors (Lipinski definition) is 2. The van der Waals surface area contributed by atoms with Gasteiger partial charge in [0.05, 0.1) is 4.90 Å². The first-order valence-electron chi connectivity index (χ1n) is 6.47. The predicted molar refractivity (Wildman–Crippen MR) is 82.7 cm³/mol. The summed E-state index contributed by atoms with van der Waals surface area (Å²) in [6.45, 7) is 0.517. The van der Waals surface area contributed by atoms with E-state index in [-0.39, 0.29) is 10.8 Å². The number of nitrogens with two attached hydrogens (primary N) is 1. The molecule has 0 aliphatic carbocycles. The Morgan fingerprint density at radius 3 is 2.43 bits per heavy atom. The minimum absolute atomic E-state index is 0.0586. The molecule has 0 spiro atoms. The van der Waals surface area contributed by atoms with Crippen LogP contribution in [0.4, 0.5) is 0 Å². The number of carbonyl (C=O) groups excluding carboxylic acids is 1. The highest BCUT2D eigenvalue weighted by molar-refractivity contribution is 7.89. The standard InChI is InChI=1S/C13H20N2O4S2/c1-20(17)10-2-9-15-13(16)8-5-11-3-6-12(7-4-11)21(14,18)19/h3-4,6-7H,2,5,8-10H2,1H3,(H,15,16)(H2,14,18,19).